The molecular formula is C10H20N4O2. The third-order valence-corrected chi connectivity index (χ3v) is 2.33. The largest absolute Gasteiger partial charge is 0.395 e. The van der Waals surface area contributed by atoms with Crippen LogP contribution < -0.4 is 5.73 Å². The summed E-state index contributed by atoms with van der Waals surface area (Å²) in [6, 6.07) is 1.77. The maximum absolute atomic E-state index is 8.91. The number of nitrogens with two attached hydrogens (primary N) is 1. The summed E-state index contributed by atoms with van der Waals surface area (Å²) in [5.41, 5.74) is 5.52. The molecule has 16 heavy (non-hydrogen) atoms. The molecule has 0 aromatic carbocycles. The van der Waals surface area contributed by atoms with Gasteiger partial charge in [0.2, 0.25) is 0 Å². The van der Waals surface area contributed by atoms with E-state index in [1.165, 1.54) is 0 Å². The van der Waals surface area contributed by atoms with E-state index in [2.05, 4.69) is 10.00 Å². The number of hydrogen-bond donors (Lipinski definition) is 2. The van der Waals surface area contributed by atoms with E-state index in [1.807, 2.05) is 6.20 Å². The fourth-order valence-electron chi connectivity index (χ4n) is 1.44. The molecule has 6 nitrogen and oxygen atoms in total. The standard InChI is InChI=1S/C10H20N4O2/c1-16-9-7-13(6-8-15)4-5-14-3-2-10(11)12-14/h2-3,15H,4-9H2,1H3,(H2,11,12). The van der Waals surface area contributed by atoms with Crippen LogP contribution in [0.3, 0.4) is 0 Å². The predicted molar refractivity (Wildman–Crippen MR) is 62.0 cm³/mol. The Morgan fingerprint density at radius 1 is 1.50 bits per heavy atom. The van der Waals surface area contributed by atoms with E-state index in [9.17, 15) is 0 Å². The molecule has 0 saturated heterocycles. The SMILES string of the molecule is COCCN(CCO)CCn1ccc(N)n1. The van der Waals surface area contributed by atoms with Crippen molar-refractivity contribution in [3.8, 4) is 0 Å². The van der Waals surface area contributed by atoms with E-state index >= 15 is 0 Å². The second-order valence-electron chi connectivity index (χ2n) is 3.56. The Labute approximate surface area is 95.6 Å². The highest BCUT2D eigenvalue weighted by Crippen LogP contribution is 1.97. The summed E-state index contributed by atoms with van der Waals surface area (Å²) in [7, 11) is 1.67. The highest BCUT2D eigenvalue weighted by Gasteiger charge is 2.04. The third kappa shape index (κ3) is 4.61. The molecule has 0 aliphatic heterocycles. The van der Waals surface area contributed by atoms with Crippen molar-refractivity contribution in [1.29, 1.82) is 0 Å². The summed E-state index contributed by atoms with van der Waals surface area (Å²) in [5.74, 6) is 0.533. The Balaban J connectivity index is 2.30. The van der Waals surface area contributed by atoms with Crippen LogP contribution in [0.25, 0.3) is 0 Å². The van der Waals surface area contributed by atoms with Gasteiger partial charge in [-0.05, 0) is 6.07 Å². The van der Waals surface area contributed by atoms with Gasteiger partial charge >= 0.3 is 0 Å². The number of methoxy groups -OCH3 is 1. The van der Waals surface area contributed by atoms with E-state index < -0.39 is 0 Å². The quantitative estimate of drug-likeness (QED) is 0.621. The van der Waals surface area contributed by atoms with E-state index in [-0.39, 0.29) is 6.61 Å². The lowest BCUT2D eigenvalue weighted by molar-refractivity contribution is 0.127. The molecule has 1 rings (SSSR count). The lowest BCUT2D eigenvalue weighted by atomic mass is 10.4. The second-order valence-corrected chi connectivity index (χ2v) is 3.56. The molecule has 0 unspecified atom stereocenters. The number of ether oxygens (including phenoxy) is 1. The average Bonchev–Trinajstić information content (AvgIpc) is 2.68. The predicted octanol–water partition coefficient (Wildman–Crippen LogP) is -0.594. The van der Waals surface area contributed by atoms with Crippen molar-refractivity contribution in [2.24, 2.45) is 0 Å². The number of aliphatic hydroxyl groups is 1. The molecule has 0 aliphatic rings. The Bertz CT molecular complexity index is 290. The molecule has 3 N–H and O–H groups in total. The van der Waals surface area contributed by atoms with Gasteiger partial charge in [-0.3, -0.25) is 9.58 Å². The number of hydrogen-bond acceptors (Lipinski definition) is 5. The summed E-state index contributed by atoms with van der Waals surface area (Å²) in [6.45, 7) is 3.88. The Hall–Kier alpha value is -1.11. The summed E-state index contributed by atoms with van der Waals surface area (Å²) in [6.07, 6.45) is 1.85. The van der Waals surface area contributed by atoms with Crippen molar-refractivity contribution in [1.82, 2.24) is 14.7 Å². The first kappa shape index (κ1) is 13.0. The maximum Gasteiger partial charge on any atom is 0.145 e. The molecule has 92 valence electrons. The number of anilines is 1. The van der Waals surface area contributed by atoms with Crippen LogP contribution in [0.4, 0.5) is 5.82 Å². The topological polar surface area (TPSA) is 76.5 Å². The molecule has 0 saturated carbocycles. The first-order chi connectivity index (χ1) is 7.76. The van der Waals surface area contributed by atoms with Gasteiger partial charge in [-0.15, -0.1) is 0 Å². The van der Waals surface area contributed by atoms with E-state index in [0.29, 0.717) is 19.0 Å². The summed E-state index contributed by atoms with van der Waals surface area (Å²) in [4.78, 5) is 2.13. The second kappa shape index (κ2) is 7.21. The Morgan fingerprint density at radius 2 is 2.31 bits per heavy atom. The number of nitrogen functional groups attached to an aromatic ring is 1. The van der Waals surface area contributed by atoms with Crippen LogP contribution >= 0.6 is 0 Å². The first-order valence-electron chi connectivity index (χ1n) is 5.37. The highest BCUT2D eigenvalue weighted by molar-refractivity contribution is 5.23. The van der Waals surface area contributed by atoms with Gasteiger partial charge in [0, 0.05) is 32.9 Å². The van der Waals surface area contributed by atoms with Crippen molar-refractivity contribution in [2.75, 3.05) is 45.7 Å². The van der Waals surface area contributed by atoms with Crippen molar-refractivity contribution in [3.63, 3.8) is 0 Å². The lowest BCUT2D eigenvalue weighted by Crippen LogP contribution is -2.33. The molecule has 0 fully saturated rings. The van der Waals surface area contributed by atoms with Crippen LogP contribution in [-0.2, 0) is 11.3 Å². The Morgan fingerprint density at radius 3 is 2.88 bits per heavy atom. The first-order valence-corrected chi connectivity index (χ1v) is 5.37. The minimum Gasteiger partial charge on any atom is -0.395 e. The number of rotatable bonds is 8. The van der Waals surface area contributed by atoms with Gasteiger partial charge in [0.15, 0.2) is 0 Å². The molecule has 0 spiro atoms. The zero-order valence-corrected chi connectivity index (χ0v) is 9.67. The average molecular weight is 228 g/mol. The van der Waals surface area contributed by atoms with Crippen molar-refractivity contribution >= 4 is 5.82 Å². The number of nitrogens with zero attached hydrogens (tertiary/aromatic N) is 3. The monoisotopic (exact) mass is 228 g/mol. The van der Waals surface area contributed by atoms with Gasteiger partial charge in [-0.25, -0.2) is 0 Å². The molecule has 1 heterocycles. The molecule has 1 aromatic rings. The molecule has 0 amide bonds. The van der Waals surface area contributed by atoms with Crippen LogP contribution in [0.2, 0.25) is 0 Å². The highest BCUT2D eigenvalue weighted by atomic mass is 16.5. The lowest BCUT2D eigenvalue weighted by Gasteiger charge is -2.20. The minimum atomic E-state index is 0.158. The normalized spacial score (nSPS) is 11.2. The van der Waals surface area contributed by atoms with Crippen LogP contribution in [0.5, 0.6) is 0 Å². The zero-order chi connectivity index (χ0) is 11.8. The van der Waals surface area contributed by atoms with Gasteiger partial charge in [0.1, 0.15) is 5.82 Å². The van der Waals surface area contributed by atoms with Crippen LogP contribution in [-0.4, -0.2) is 59.7 Å². The van der Waals surface area contributed by atoms with Crippen LogP contribution in [0, 0.1) is 0 Å². The number of aliphatic hydroxyl groups excluding tert-OH is 1. The molecule has 0 radical (unpaired) electrons. The summed E-state index contributed by atoms with van der Waals surface area (Å²) < 4.78 is 6.81. The maximum atomic E-state index is 8.91. The zero-order valence-electron chi connectivity index (χ0n) is 9.67. The molecule has 1 aromatic heterocycles. The van der Waals surface area contributed by atoms with Gasteiger partial charge < -0.3 is 15.6 Å². The van der Waals surface area contributed by atoms with E-state index in [1.54, 1.807) is 17.9 Å². The molecule has 6 heteroatoms. The van der Waals surface area contributed by atoms with Gasteiger partial charge in [0.05, 0.1) is 19.8 Å². The third-order valence-electron chi connectivity index (χ3n) is 2.33. The van der Waals surface area contributed by atoms with Crippen molar-refractivity contribution in [2.45, 2.75) is 6.54 Å². The number of aromatic nitrogens is 2. The minimum absolute atomic E-state index is 0.158. The summed E-state index contributed by atoms with van der Waals surface area (Å²) >= 11 is 0. The fraction of sp³-hybridized carbons (Fsp3) is 0.700. The fourth-order valence-corrected chi connectivity index (χ4v) is 1.44. The summed E-state index contributed by atoms with van der Waals surface area (Å²) in [5, 5.41) is 13.0. The molecule has 0 aliphatic carbocycles. The van der Waals surface area contributed by atoms with Crippen molar-refractivity contribution < 1.29 is 9.84 Å². The van der Waals surface area contributed by atoms with Gasteiger partial charge in [0.25, 0.3) is 0 Å². The van der Waals surface area contributed by atoms with Crippen LogP contribution in [0.15, 0.2) is 12.3 Å². The van der Waals surface area contributed by atoms with Crippen LogP contribution in [0.1, 0.15) is 0 Å². The molecular weight excluding hydrogens is 208 g/mol. The van der Waals surface area contributed by atoms with E-state index in [0.717, 1.165) is 19.6 Å². The van der Waals surface area contributed by atoms with Crippen molar-refractivity contribution in [3.05, 3.63) is 12.3 Å². The van der Waals surface area contributed by atoms with E-state index in [4.69, 9.17) is 15.6 Å². The molecule has 0 bridgehead atoms. The van der Waals surface area contributed by atoms with Gasteiger partial charge in [-0.1, -0.05) is 0 Å². The van der Waals surface area contributed by atoms with Gasteiger partial charge in [-0.2, -0.15) is 5.10 Å². The Kier molecular flexibility index (Phi) is 5.84. The molecule has 0 atom stereocenters. The smallest absolute Gasteiger partial charge is 0.145 e.